The highest BCUT2D eigenvalue weighted by atomic mass is 16.5. The van der Waals surface area contributed by atoms with E-state index in [0.29, 0.717) is 13.0 Å². The van der Waals surface area contributed by atoms with Gasteiger partial charge in [-0.1, -0.05) is 36.8 Å². The predicted octanol–water partition coefficient (Wildman–Crippen LogP) is 5.56. The fourth-order valence-electron chi connectivity index (χ4n) is 4.04. The van der Waals surface area contributed by atoms with Crippen molar-refractivity contribution in [1.82, 2.24) is 4.90 Å². The Hall–Kier alpha value is -3.06. The molecule has 0 radical (unpaired) electrons. The fourth-order valence-corrected chi connectivity index (χ4v) is 4.04. The molecule has 1 atom stereocenters. The van der Waals surface area contributed by atoms with Crippen molar-refractivity contribution in [2.24, 2.45) is 5.41 Å². The lowest BCUT2D eigenvalue weighted by atomic mass is 9.78. The van der Waals surface area contributed by atoms with E-state index < -0.39 is 5.41 Å². The third-order valence-electron chi connectivity index (χ3n) is 5.93. The molecule has 1 heterocycles. The van der Waals surface area contributed by atoms with Gasteiger partial charge in [-0.3, -0.25) is 4.79 Å². The minimum absolute atomic E-state index is 0.140. The summed E-state index contributed by atoms with van der Waals surface area (Å²) in [5, 5.41) is 8.82. The van der Waals surface area contributed by atoms with Gasteiger partial charge in [-0.15, -0.1) is 0 Å². The summed E-state index contributed by atoms with van der Waals surface area (Å²) in [5.74, 6) is 0.937. The van der Waals surface area contributed by atoms with Crippen molar-refractivity contribution in [2.75, 3.05) is 7.11 Å². The van der Waals surface area contributed by atoms with Crippen molar-refractivity contribution in [3.8, 4) is 11.8 Å². The van der Waals surface area contributed by atoms with Crippen LogP contribution in [-0.2, 0) is 11.3 Å². The fraction of sp³-hybridized carbons (Fsp3) is 0.360. The second-order valence-electron chi connectivity index (χ2n) is 7.78. The number of hydrogen-bond acceptors (Lipinski definition) is 3. The van der Waals surface area contributed by atoms with Gasteiger partial charge in [0, 0.05) is 6.42 Å². The average Bonchev–Trinajstić information content (AvgIpc) is 2.93. The molecule has 150 valence electrons. The number of unbranched alkanes of at least 4 members (excludes halogenated alkanes) is 2. The molecule has 3 rings (SSSR count). The molecule has 1 aliphatic rings. The van der Waals surface area contributed by atoms with Crippen LogP contribution in [0.4, 0.5) is 0 Å². The SMILES string of the molecule is COc1ccc(C2=C(C)C(C)(CCCCC#N)C(=O)N2Cc2ccccc2)cc1. The Balaban J connectivity index is 1.98. The lowest BCUT2D eigenvalue weighted by Gasteiger charge is -2.26. The Labute approximate surface area is 173 Å². The van der Waals surface area contributed by atoms with E-state index >= 15 is 0 Å². The van der Waals surface area contributed by atoms with Gasteiger partial charge in [-0.2, -0.15) is 5.26 Å². The van der Waals surface area contributed by atoms with Crippen LogP contribution in [0.1, 0.15) is 50.7 Å². The number of carbonyl (C=O) groups excluding carboxylic acids is 1. The molecule has 29 heavy (non-hydrogen) atoms. The zero-order valence-electron chi connectivity index (χ0n) is 17.4. The van der Waals surface area contributed by atoms with Crippen LogP contribution >= 0.6 is 0 Å². The predicted molar refractivity (Wildman–Crippen MR) is 115 cm³/mol. The molecule has 0 bridgehead atoms. The molecule has 0 aliphatic carbocycles. The van der Waals surface area contributed by atoms with E-state index in [9.17, 15) is 4.79 Å². The van der Waals surface area contributed by atoms with E-state index in [1.807, 2.05) is 54.3 Å². The minimum Gasteiger partial charge on any atom is -0.497 e. The van der Waals surface area contributed by atoms with E-state index in [1.54, 1.807) is 7.11 Å². The molecule has 0 aromatic heterocycles. The quantitative estimate of drug-likeness (QED) is 0.556. The largest absolute Gasteiger partial charge is 0.497 e. The summed E-state index contributed by atoms with van der Waals surface area (Å²) in [4.78, 5) is 15.5. The number of hydrogen-bond donors (Lipinski definition) is 0. The summed E-state index contributed by atoms with van der Waals surface area (Å²) in [5.41, 5.74) is 3.67. The topological polar surface area (TPSA) is 53.3 Å². The molecule has 0 N–H and O–H groups in total. The third-order valence-corrected chi connectivity index (χ3v) is 5.93. The molecular formula is C25H28N2O2. The van der Waals surface area contributed by atoms with Crippen molar-refractivity contribution >= 4 is 11.6 Å². The van der Waals surface area contributed by atoms with E-state index in [-0.39, 0.29) is 5.91 Å². The second kappa shape index (κ2) is 8.96. The number of carbonyl (C=O) groups is 1. The molecule has 0 saturated carbocycles. The Morgan fingerprint density at radius 1 is 1.07 bits per heavy atom. The molecule has 4 heteroatoms. The van der Waals surface area contributed by atoms with Crippen molar-refractivity contribution in [1.29, 1.82) is 5.26 Å². The molecule has 4 nitrogen and oxygen atoms in total. The first-order valence-corrected chi connectivity index (χ1v) is 10.1. The zero-order valence-corrected chi connectivity index (χ0v) is 17.4. The van der Waals surface area contributed by atoms with Crippen LogP contribution in [0.5, 0.6) is 5.75 Å². The Morgan fingerprint density at radius 2 is 1.76 bits per heavy atom. The molecule has 1 unspecified atom stereocenters. The zero-order chi connectivity index (χ0) is 20.9. The van der Waals surface area contributed by atoms with Gasteiger partial charge in [0.25, 0.3) is 0 Å². The standard InChI is InChI=1S/C25H28N2O2/c1-19-23(21-12-14-22(29-3)15-13-21)27(18-20-10-6-4-7-11-20)24(28)25(19,2)16-8-5-9-17-26/h4,6-7,10-15H,5,8-9,16,18H2,1-3H3. The van der Waals surface area contributed by atoms with Gasteiger partial charge in [0.2, 0.25) is 5.91 Å². The molecule has 0 fully saturated rings. The highest BCUT2D eigenvalue weighted by Gasteiger charge is 2.46. The molecule has 1 aliphatic heterocycles. The van der Waals surface area contributed by atoms with Gasteiger partial charge in [0.15, 0.2) is 0 Å². The molecule has 1 amide bonds. The lowest BCUT2D eigenvalue weighted by molar-refractivity contribution is -0.134. The first-order valence-electron chi connectivity index (χ1n) is 10.1. The van der Waals surface area contributed by atoms with Crippen LogP contribution < -0.4 is 4.74 Å². The van der Waals surface area contributed by atoms with Gasteiger partial charge >= 0.3 is 0 Å². The average molecular weight is 389 g/mol. The van der Waals surface area contributed by atoms with E-state index in [4.69, 9.17) is 10.00 Å². The molecule has 0 saturated heterocycles. The first-order chi connectivity index (χ1) is 14.0. The minimum atomic E-state index is -0.542. The van der Waals surface area contributed by atoms with Gasteiger partial charge in [0.05, 0.1) is 30.8 Å². The maximum absolute atomic E-state index is 13.6. The summed E-state index contributed by atoms with van der Waals surface area (Å²) in [6.45, 7) is 4.67. The maximum Gasteiger partial charge on any atom is 0.237 e. The van der Waals surface area contributed by atoms with Gasteiger partial charge < -0.3 is 9.64 Å². The highest BCUT2D eigenvalue weighted by Crippen LogP contribution is 2.47. The van der Waals surface area contributed by atoms with Crippen molar-refractivity contribution in [3.05, 3.63) is 71.3 Å². The summed E-state index contributed by atoms with van der Waals surface area (Å²) < 4.78 is 5.30. The summed E-state index contributed by atoms with van der Waals surface area (Å²) in [6, 6.07) is 20.2. The maximum atomic E-state index is 13.6. The van der Waals surface area contributed by atoms with Gasteiger partial charge in [0.1, 0.15) is 5.75 Å². The summed E-state index contributed by atoms with van der Waals surface area (Å²) >= 11 is 0. The Morgan fingerprint density at radius 3 is 2.38 bits per heavy atom. The lowest BCUT2D eigenvalue weighted by Crippen LogP contribution is -2.34. The normalized spacial score (nSPS) is 18.8. The number of nitriles is 1. The third kappa shape index (κ3) is 4.19. The Kier molecular flexibility index (Phi) is 6.39. The van der Waals surface area contributed by atoms with Crippen molar-refractivity contribution in [2.45, 2.75) is 46.1 Å². The van der Waals surface area contributed by atoms with Crippen molar-refractivity contribution < 1.29 is 9.53 Å². The van der Waals surface area contributed by atoms with Gasteiger partial charge in [-0.05, 0) is 67.7 Å². The molecule has 0 spiro atoms. The number of benzene rings is 2. The number of nitrogens with zero attached hydrogens (tertiary/aromatic N) is 2. The number of methoxy groups -OCH3 is 1. The first kappa shape index (κ1) is 20.7. The highest BCUT2D eigenvalue weighted by molar-refractivity contribution is 6.00. The summed E-state index contributed by atoms with van der Waals surface area (Å²) in [6.07, 6.45) is 2.97. The van der Waals surface area contributed by atoms with Crippen LogP contribution in [0.15, 0.2) is 60.2 Å². The second-order valence-corrected chi connectivity index (χ2v) is 7.78. The van der Waals surface area contributed by atoms with Crippen LogP contribution in [0.2, 0.25) is 0 Å². The van der Waals surface area contributed by atoms with E-state index in [0.717, 1.165) is 47.4 Å². The smallest absolute Gasteiger partial charge is 0.237 e. The van der Waals surface area contributed by atoms with Crippen LogP contribution in [0.25, 0.3) is 5.70 Å². The van der Waals surface area contributed by atoms with E-state index in [2.05, 4.69) is 25.1 Å². The number of ether oxygens (including phenoxy) is 1. The Bertz CT molecular complexity index is 926. The number of rotatable bonds is 8. The van der Waals surface area contributed by atoms with Crippen molar-refractivity contribution in [3.63, 3.8) is 0 Å². The van der Waals surface area contributed by atoms with Gasteiger partial charge in [-0.25, -0.2) is 0 Å². The molecular weight excluding hydrogens is 360 g/mol. The summed E-state index contributed by atoms with van der Waals surface area (Å²) in [7, 11) is 1.65. The monoisotopic (exact) mass is 388 g/mol. The van der Waals surface area contributed by atoms with E-state index in [1.165, 1.54) is 0 Å². The molecule has 2 aromatic carbocycles. The van der Waals surface area contributed by atoms with Crippen LogP contribution in [0.3, 0.4) is 0 Å². The molecule has 2 aromatic rings. The van der Waals surface area contributed by atoms with Crippen LogP contribution in [-0.4, -0.2) is 17.9 Å². The van der Waals surface area contributed by atoms with Crippen LogP contribution in [0, 0.1) is 16.7 Å². The number of amides is 1.